The number of thiazole rings is 1. The van der Waals surface area contributed by atoms with Gasteiger partial charge in [-0.1, -0.05) is 6.92 Å². The predicted octanol–water partition coefficient (Wildman–Crippen LogP) is 2.09. The summed E-state index contributed by atoms with van der Waals surface area (Å²) in [6.07, 6.45) is 4.37. The van der Waals surface area contributed by atoms with Crippen molar-refractivity contribution in [2.45, 2.75) is 44.7 Å². The molecular weight excluding hydrogens is 258 g/mol. The summed E-state index contributed by atoms with van der Waals surface area (Å²) in [6.45, 7) is 2.52. The lowest BCUT2D eigenvalue weighted by atomic mass is 9.75. The average Bonchev–Trinajstić information content (AvgIpc) is 2.71. The molecule has 3 N–H and O–H groups in total. The second kappa shape index (κ2) is 5.80. The molecule has 0 bridgehead atoms. The molecule has 0 aliphatic heterocycles. The number of nitrogens with zero attached hydrogens (tertiary/aromatic N) is 1. The lowest BCUT2D eigenvalue weighted by Gasteiger charge is -2.41. The van der Waals surface area contributed by atoms with Crippen LogP contribution >= 0.6 is 23.7 Å². The Bertz CT molecular complexity index is 384. The van der Waals surface area contributed by atoms with Crippen molar-refractivity contribution in [3.05, 3.63) is 16.1 Å². The van der Waals surface area contributed by atoms with E-state index in [9.17, 15) is 4.79 Å². The van der Waals surface area contributed by atoms with Gasteiger partial charge in [0.25, 0.3) is 5.91 Å². The Labute approximate surface area is 111 Å². The molecule has 0 aromatic carbocycles. The van der Waals surface area contributed by atoms with Crippen LogP contribution in [0.15, 0.2) is 5.38 Å². The second-order valence-electron chi connectivity index (χ2n) is 4.27. The predicted molar refractivity (Wildman–Crippen MR) is 71.6 cm³/mol. The van der Waals surface area contributed by atoms with Gasteiger partial charge in [-0.3, -0.25) is 4.79 Å². The van der Waals surface area contributed by atoms with Gasteiger partial charge in [0.05, 0.1) is 0 Å². The largest absolute Gasteiger partial charge is 0.345 e. The van der Waals surface area contributed by atoms with Gasteiger partial charge in [-0.25, -0.2) is 4.98 Å². The first kappa shape index (κ1) is 14.4. The lowest BCUT2D eigenvalue weighted by molar-refractivity contribution is 0.0816. The van der Waals surface area contributed by atoms with Gasteiger partial charge in [-0.2, -0.15) is 0 Å². The summed E-state index contributed by atoms with van der Waals surface area (Å²) >= 11 is 1.44. The molecule has 1 amide bonds. The van der Waals surface area contributed by atoms with Gasteiger partial charge in [0.1, 0.15) is 10.7 Å². The fourth-order valence-corrected chi connectivity index (χ4v) is 2.64. The van der Waals surface area contributed by atoms with Gasteiger partial charge < -0.3 is 11.1 Å². The Morgan fingerprint density at radius 2 is 2.35 bits per heavy atom. The van der Waals surface area contributed by atoms with Crippen LogP contribution in [0.2, 0.25) is 0 Å². The Hall–Kier alpha value is -0.650. The number of nitrogens with one attached hydrogen (secondary N) is 1. The maximum atomic E-state index is 11.9. The van der Waals surface area contributed by atoms with Crippen LogP contribution in [0, 0.1) is 0 Å². The van der Waals surface area contributed by atoms with Crippen molar-refractivity contribution in [3.63, 3.8) is 0 Å². The van der Waals surface area contributed by atoms with E-state index in [4.69, 9.17) is 5.73 Å². The van der Waals surface area contributed by atoms with Gasteiger partial charge in [0.15, 0.2) is 0 Å². The van der Waals surface area contributed by atoms with Crippen LogP contribution in [0.25, 0.3) is 0 Å². The highest BCUT2D eigenvalue weighted by atomic mass is 35.5. The third-order valence-corrected chi connectivity index (χ3v) is 4.20. The molecule has 17 heavy (non-hydrogen) atoms. The van der Waals surface area contributed by atoms with Gasteiger partial charge >= 0.3 is 0 Å². The number of halogens is 1. The first-order valence-corrected chi connectivity index (χ1v) is 6.54. The normalized spacial score (nSPS) is 16.8. The topological polar surface area (TPSA) is 68.0 Å². The second-order valence-corrected chi connectivity index (χ2v) is 5.21. The maximum absolute atomic E-state index is 11.9. The number of carbonyl (C=O) groups is 1. The van der Waals surface area contributed by atoms with E-state index in [2.05, 4.69) is 17.2 Å². The zero-order chi connectivity index (χ0) is 11.6. The molecule has 1 aliphatic carbocycles. The minimum Gasteiger partial charge on any atom is -0.345 e. The molecule has 0 atom stereocenters. The first-order valence-electron chi connectivity index (χ1n) is 5.66. The molecular formula is C11H18ClN3OS. The van der Waals surface area contributed by atoms with E-state index < -0.39 is 0 Å². The summed E-state index contributed by atoms with van der Waals surface area (Å²) in [4.78, 5) is 16.1. The molecule has 0 spiro atoms. The molecule has 1 aromatic rings. The zero-order valence-electron chi connectivity index (χ0n) is 9.86. The van der Waals surface area contributed by atoms with Crippen LogP contribution in [0.3, 0.4) is 0 Å². The Balaban J connectivity index is 0.00000144. The van der Waals surface area contributed by atoms with Crippen LogP contribution in [0.5, 0.6) is 0 Å². The van der Waals surface area contributed by atoms with Crippen LogP contribution in [-0.4, -0.2) is 16.4 Å². The molecule has 2 rings (SSSR count). The monoisotopic (exact) mass is 275 g/mol. The van der Waals surface area contributed by atoms with E-state index in [1.54, 1.807) is 5.38 Å². The highest BCUT2D eigenvalue weighted by molar-refractivity contribution is 7.09. The number of hydrogen-bond acceptors (Lipinski definition) is 4. The third-order valence-electron chi connectivity index (χ3n) is 3.33. The van der Waals surface area contributed by atoms with Gasteiger partial charge in [-0.15, -0.1) is 23.7 Å². The summed E-state index contributed by atoms with van der Waals surface area (Å²) in [5, 5.41) is 5.68. The lowest BCUT2D eigenvalue weighted by Crippen LogP contribution is -2.53. The Kier molecular flexibility index (Phi) is 4.91. The summed E-state index contributed by atoms with van der Waals surface area (Å²) in [5.74, 6) is -0.0579. The minimum absolute atomic E-state index is 0. The summed E-state index contributed by atoms with van der Waals surface area (Å²) in [7, 11) is 0. The van der Waals surface area contributed by atoms with E-state index in [1.165, 1.54) is 17.8 Å². The standard InChI is InChI=1S/C11H17N3OS.ClH/c1-2-11(4-3-5-11)14-10(15)8-7-16-9(6-12)13-8;/h7H,2-6,12H2,1H3,(H,14,15);1H. The molecule has 6 heteroatoms. The van der Waals surface area contributed by atoms with Gasteiger partial charge in [0.2, 0.25) is 0 Å². The fraction of sp³-hybridized carbons (Fsp3) is 0.636. The van der Waals surface area contributed by atoms with Crippen molar-refractivity contribution in [1.82, 2.24) is 10.3 Å². The highest BCUT2D eigenvalue weighted by Gasteiger charge is 2.36. The number of rotatable bonds is 4. The van der Waals surface area contributed by atoms with Crippen molar-refractivity contribution in [2.24, 2.45) is 5.73 Å². The molecule has 1 saturated carbocycles. The van der Waals surface area contributed by atoms with Crippen molar-refractivity contribution >= 4 is 29.7 Å². The van der Waals surface area contributed by atoms with E-state index >= 15 is 0 Å². The summed E-state index contributed by atoms with van der Waals surface area (Å²) in [5.41, 5.74) is 6.01. The molecule has 1 fully saturated rings. The molecule has 1 aromatic heterocycles. The van der Waals surface area contributed by atoms with Gasteiger partial charge in [0, 0.05) is 17.5 Å². The number of carbonyl (C=O) groups excluding carboxylic acids is 1. The maximum Gasteiger partial charge on any atom is 0.271 e. The first-order chi connectivity index (χ1) is 7.69. The zero-order valence-corrected chi connectivity index (χ0v) is 11.5. The fourth-order valence-electron chi connectivity index (χ4n) is 1.98. The Morgan fingerprint density at radius 3 is 2.76 bits per heavy atom. The molecule has 0 radical (unpaired) electrons. The number of nitrogens with two attached hydrogens (primary N) is 1. The van der Waals surface area contributed by atoms with Crippen molar-refractivity contribution < 1.29 is 4.79 Å². The van der Waals surface area contributed by atoms with Crippen LogP contribution < -0.4 is 11.1 Å². The van der Waals surface area contributed by atoms with Crippen molar-refractivity contribution in [1.29, 1.82) is 0 Å². The van der Waals surface area contributed by atoms with Crippen LogP contribution in [0.4, 0.5) is 0 Å². The molecule has 1 aliphatic rings. The Morgan fingerprint density at radius 1 is 1.65 bits per heavy atom. The molecule has 0 saturated heterocycles. The quantitative estimate of drug-likeness (QED) is 0.884. The van der Waals surface area contributed by atoms with E-state index in [0.29, 0.717) is 12.2 Å². The van der Waals surface area contributed by atoms with E-state index in [-0.39, 0.29) is 23.9 Å². The van der Waals surface area contributed by atoms with Crippen molar-refractivity contribution in [2.75, 3.05) is 0 Å². The molecule has 1 heterocycles. The van der Waals surface area contributed by atoms with E-state index in [0.717, 1.165) is 24.3 Å². The third kappa shape index (κ3) is 2.97. The molecule has 0 unspecified atom stereocenters. The summed E-state index contributed by atoms with van der Waals surface area (Å²) < 4.78 is 0. The average molecular weight is 276 g/mol. The SMILES string of the molecule is CCC1(NC(=O)c2csc(CN)n2)CCC1.Cl. The van der Waals surface area contributed by atoms with Gasteiger partial charge in [-0.05, 0) is 25.7 Å². The minimum atomic E-state index is -0.0579. The van der Waals surface area contributed by atoms with E-state index in [1.807, 2.05) is 0 Å². The number of amides is 1. The molecule has 96 valence electrons. The highest BCUT2D eigenvalue weighted by Crippen LogP contribution is 2.34. The smallest absolute Gasteiger partial charge is 0.271 e. The molecule has 4 nitrogen and oxygen atoms in total. The van der Waals surface area contributed by atoms with Crippen LogP contribution in [-0.2, 0) is 6.54 Å². The van der Waals surface area contributed by atoms with Crippen LogP contribution in [0.1, 0.15) is 48.1 Å². The number of aromatic nitrogens is 1. The van der Waals surface area contributed by atoms with Crippen molar-refractivity contribution in [3.8, 4) is 0 Å². The number of hydrogen-bond donors (Lipinski definition) is 2. The summed E-state index contributed by atoms with van der Waals surface area (Å²) in [6, 6.07) is 0.